The molecule has 0 amide bonds. The lowest BCUT2D eigenvalue weighted by Gasteiger charge is -1.85. The van der Waals surface area contributed by atoms with Crippen molar-refractivity contribution in [2.45, 2.75) is 0 Å². The Morgan fingerprint density at radius 3 is 1.50 bits per heavy atom. The Morgan fingerprint density at radius 1 is 1.00 bits per heavy atom. The maximum atomic E-state index is 11.9. The predicted octanol–water partition coefficient (Wildman–Crippen LogP) is 1.54. The van der Waals surface area contributed by atoms with Gasteiger partial charge in [-0.25, -0.2) is 8.78 Å². The fourth-order valence-electron chi connectivity index (χ4n) is 0.439. The van der Waals surface area contributed by atoms with Gasteiger partial charge in [0.1, 0.15) is 0 Å². The minimum Gasteiger partial charge on any atom is -0.333 e. The summed E-state index contributed by atoms with van der Waals surface area (Å²) in [5.41, 5.74) is 4.50. The van der Waals surface area contributed by atoms with E-state index in [1.807, 2.05) is 0 Å². The molecule has 0 atom stereocenters. The van der Waals surface area contributed by atoms with Crippen LogP contribution in [0.5, 0.6) is 0 Å². The molecular formula is C7H9F2N. The minimum atomic E-state index is -0.799. The molecule has 0 radical (unpaired) electrons. The first-order valence-corrected chi connectivity index (χ1v) is 2.78. The average molecular weight is 145 g/mol. The van der Waals surface area contributed by atoms with Gasteiger partial charge < -0.3 is 5.73 Å². The van der Waals surface area contributed by atoms with Gasteiger partial charge >= 0.3 is 0 Å². The summed E-state index contributed by atoms with van der Waals surface area (Å²) in [5.74, 6) is -1.60. The molecule has 10 heavy (non-hydrogen) atoms. The van der Waals surface area contributed by atoms with Crippen LogP contribution in [0.4, 0.5) is 8.78 Å². The Morgan fingerprint density at radius 2 is 1.30 bits per heavy atom. The summed E-state index contributed by atoms with van der Waals surface area (Å²) in [6, 6.07) is 5.04. The largest absolute Gasteiger partial charge is 0.333 e. The van der Waals surface area contributed by atoms with Crippen LogP contribution in [-0.4, -0.2) is 7.05 Å². The van der Waals surface area contributed by atoms with Crippen LogP contribution in [0.1, 0.15) is 0 Å². The first-order chi connectivity index (χ1) is 4.80. The summed E-state index contributed by atoms with van der Waals surface area (Å²) < 4.78 is 23.9. The van der Waals surface area contributed by atoms with Crippen LogP contribution in [0.15, 0.2) is 24.3 Å². The molecule has 0 aliphatic heterocycles. The quantitative estimate of drug-likeness (QED) is 0.588. The normalized spacial score (nSPS) is 8.00. The smallest absolute Gasteiger partial charge is 0.158 e. The second-order valence-electron chi connectivity index (χ2n) is 1.41. The van der Waals surface area contributed by atoms with Gasteiger partial charge in [-0.05, 0) is 19.2 Å². The molecule has 0 aliphatic rings. The summed E-state index contributed by atoms with van der Waals surface area (Å²) in [5, 5.41) is 0. The van der Waals surface area contributed by atoms with Crippen LogP contribution >= 0.6 is 0 Å². The molecule has 1 aromatic carbocycles. The molecule has 3 heteroatoms. The van der Waals surface area contributed by atoms with Gasteiger partial charge in [-0.3, -0.25) is 0 Å². The number of hydrogen-bond acceptors (Lipinski definition) is 1. The van der Waals surface area contributed by atoms with Crippen molar-refractivity contribution < 1.29 is 8.78 Å². The summed E-state index contributed by atoms with van der Waals surface area (Å²) in [7, 11) is 1.50. The van der Waals surface area contributed by atoms with Crippen molar-refractivity contribution in [1.29, 1.82) is 0 Å². The second-order valence-corrected chi connectivity index (χ2v) is 1.41. The van der Waals surface area contributed by atoms with Crippen LogP contribution in [0.25, 0.3) is 0 Å². The van der Waals surface area contributed by atoms with Gasteiger partial charge in [-0.15, -0.1) is 0 Å². The van der Waals surface area contributed by atoms with Crippen LogP contribution < -0.4 is 5.73 Å². The van der Waals surface area contributed by atoms with Gasteiger partial charge in [0, 0.05) is 0 Å². The van der Waals surface area contributed by atoms with E-state index in [4.69, 9.17) is 0 Å². The SMILES string of the molecule is CN.Fc1ccccc1F. The highest BCUT2D eigenvalue weighted by molar-refractivity contribution is 5.05. The van der Waals surface area contributed by atoms with Gasteiger partial charge in [0.2, 0.25) is 0 Å². The van der Waals surface area contributed by atoms with Gasteiger partial charge in [-0.2, -0.15) is 0 Å². The molecule has 0 spiro atoms. The highest BCUT2D eigenvalue weighted by atomic mass is 19.2. The van der Waals surface area contributed by atoms with Crippen molar-refractivity contribution in [3.05, 3.63) is 35.9 Å². The van der Waals surface area contributed by atoms with Crippen molar-refractivity contribution >= 4 is 0 Å². The molecule has 0 fully saturated rings. The molecule has 1 aromatic rings. The predicted molar refractivity (Wildman–Crippen MR) is 36.5 cm³/mol. The molecule has 0 heterocycles. The molecule has 0 saturated carbocycles. The van der Waals surface area contributed by atoms with E-state index in [-0.39, 0.29) is 0 Å². The second kappa shape index (κ2) is 4.88. The monoisotopic (exact) mass is 145 g/mol. The van der Waals surface area contributed by atoms with Crippen molar-refractivity contribution in [2.24, 2.45) is 5.73 Å². The summed E-state index contributed by atoms with van der Waals surface area (Å²) in [4.78, 5) is 0. The fraction of sp³-hybridized carbons (Fsp3) is 0.143. The molecule has 0 bridgehead atoms. The molecule has 0 aliphatic carbocycles. The number of halogens is 2. The van der Waals surface area contributed by atoms with Crippen molar-refractivity contribution in [2.75, 3.05) is 7.05 Å². The minimum absolute atomic E-state index is 0.799. The molecule has 0 unspecified atom stereocenters. The molecule has 0 saturated heterocycles. The average Bonchev–Trinajstić information content (AvgIpc) is 2.00. The van der Waals surface area contributed by atoms with E-state index in [2.05, 4.69) is 5.73 Å². The number of benzene rings is 1. The van der Waals surface area contributed by atoms with E-state index in [0.717, 1.165) is 12.1 Å². The maximum absolute atomic E-state index is 11.9. The van der Waals surface area contributed by atoms with E-state index in [1.165, 1.54) is 19.2 Å². The van der Waals surface area contributed by atoms with Crippen LogP contribution in [0.3, 0.4) is 0 Å². The zero-order valence-corrected chi connectivity index (χ0v) is 5.64. The first-order valence-electron chi connectivity index (χ1n) is 2.78. The Bertz CT molecular complexity index is 168. The molecule has 1 rings (SSSR count). The Kier molecular flexibility index (Phi) is 4.41. The van der Waals surface area contributed by atoms with Crippen molar-refractivity contribution in [1.82, 2.24) is 0 Å². The third-order valence-electron chi connectivity index (χ3n) is 0.824. The van der Waals surface area contributed by atoms with Crippen molar-refractivity contribution in [3.8, 4) is 0 Å². The van der Waals surface area contributed by atoms with Gasteiger partial charge in [-0.1, -0.05) is 12.1 Å². The summed E-state index contributed by atoms with van der Waals surface area (Å²) in [6.45, 7) is 0. The third kappa shape index (κ3) is 2.55. The fourth-order valence-corrected chi connectivity index (χ4v) is 0.439. The lowest BCUT2D eigenvalue weighted by atomic mass is 10.3. The molecule has 56 valence electrons. The lowest BCUT2D eigenvalue weighted by molar-refractivity contribution is 0.508. The lowest BCUT2D eigenvalue weighted by Crippen LogP contribution is -1.77. The van der Waals surface area contributed by atoms with Gasteiger partial charge in [0.15, 0.2) is 11.6 Å². The number of rotatable bonds is 0. The number of nitrogens with two attached hydrogens (primary N) is 1. The van der Waals surface area contributed by atoms with E-state index in [1.54, 1.807) is 0 Å². The van der Waals surface area contributed by atoms with Gasteiger partial charge in [0.05, 0.1) is 0 Å². The topological polar surface area (TPSA) is 26.0 Å². The van der Waals surface area contributed by atoms with Crippen LogP contribution in [0, 0.1) is 11.6 Å². The Hall–Kier alpha value is -0.960. The number of hydrogen-bond donors (Lipinski definition) is 1. The molecule has 1 nitrogen and oxygen atoms in total. The highest BCUT2D eigenvalue weighted by Gasteiger charge is 1.93. The van der Waals surface area contributed by atoms with Crippen molar-refractivity contribution in [3.63, 3.8) is 0 Å². The molecular weight excluding hydrogens is 136 g/mol. The highest BCUT2D eigenvalue weighted by Crippen LogP contribution is 2.01. The standard InChI is InChI=1S/C6H4F2.CH5N/c7-5-3-1-2-4-6(5)8;1-2/h1-4H;2H2,1H3. The first kappa shape index (κ1) is 9.04. The summed E-state index contributed by atoms with van der Waals surface area (Å²) >= 11 is 0. The Labute approximate surface area is 58.5 Å². The van der Waals surface area contributed by atoms with Crippen LogP contribution in [-0.2, 0) is 0 Å². The van der Waals surface area contributed by atoms with E-state index in [9.17, 15) is 8.78 Å². The third-order valence-corrected chi connectivity index (χ3v) is 0.824. The zero-order valence-electron chi connectivity index (χ0n) is 5.64. The van der Waals surface area contributed by atoms with E-state index in [0.29, 0.717) is 0 Å². The summed E-state index contributed by atoms with van der Waals surface area (Å²) in [6.07, 6.45) is 0. The van der Waals surface area contributed by atoms with E-state index >= 15 is 0 Å². The molecule has 2 N–H and O–H groups in total. The van der Waals surface area contributed by atoms with E-state index < -0.39 is 11.6 Å². The maximum Gasteiger partial charge on any atom is 0.158 e. The Balaban J connectivity index is 0.000000371. The van der Waals surface area contributed by atoms with Crippen LogP contribution in [0.2, 0.25) is 0 Å². The molecule has 0 aromatic heterocycles. The van der Waals surface area contributed by atoms with Gasteiger partial charge in [0.25, 0.3) is 0 Å². The zero-order chi connectivity index (χ0) is 7.98.